The molecule has 0 radical (unpaired) electrons. The summed E-state index contributed by atoms with van der Waals surface area (Å²) in [4.78, 5) is 49.9. The number of carboxylic acid groups (broad SMARTS) is 3. The zero-order valence-electron chi connectivity index (χ0n) is 31.4. The third kappa shape index (κ3) is 6.23. The third-order valence-corrected chi connectivity index (χ3v) is 15.8. The van der Waals surface area contributed by atoms with Crippen molar-refractivity contribution in [3.63, 3.8) is 0 Å². The lowest BCUT2D eigenvalue weighted by molar-refractivity contribution is -0.222. The monoisotopic (exact) mass is 704 g/mol. The Morgan fingerprint density at radius 1 is 0.745 bits per heavy atom. The van der Waals surface area contributed by atoms with Crippen LogP contribution in [0.4, 0.5) is 0 Å². The quantitative estimate of drug-likeness (QED) is 0.174. The summed E-state index contributed by atoms with van der Waals surface area (Å²) in [6.45, 7) is 13.9. The van der Waals surface area contributed by atoms with Crippen LogP contribution >= 0.6 is 0 Å². The van der Waals surface area contributed by atoms with Gasteiger partial charge < -0.3 is 25.5 Å². The van der Waals surface area contributed by atoms with E-state index in [0.717, 1.165) is 50.5 Å². The molecule has 5 aliphatic carbocycles. The molecule has 5 aliphatic rings. The maximum atomic E-state index is 14.2. The van der Waals surface area contributed by atoms with Gasteiger partial charge in [0.25, 0.3) is 0 Å². The number of fused-ring (bicyclic) bond motifs is 7. The lowest BCUT2D eigenvalue weighted by atomic mass is 9.32. The molecule has 0 aromatic heterocycles. The molecule has 280 valence electrons. The lowest BCUT2D eigenvalue weighted by Crippen LogP contribution is -2.66. The number of aliphatic carboxylic acids is 2. The van der Waals surface area contributed by atoms with E-state index in [9.17, 15) is 34.5 Å². The zero-order chi connectivity index (χ0) is 37.0. The molecule has 4 saturated carbocycles. The minimum Gasteiger partial charge on any atom is -0.481 e. The molecule has 1 amide bonds. The van der Waals surface area contributed by atoms with E-state index < -0.39 is 17.9 Å². The van der Waals surface area contributed by atoms with Gasteiger partial charge in [0.1, 0.15) is 0 Å². The third-order valence-electron chi connectivity index (χ3n) is 15.8. The molecule has 9 heteroatoms. The van der Waals surface area contributed by atoms with Crippen LogP contribution in [0.5, 0.6) is 0 Å². The average Bonchev–Trinajstić information content (AvgIpc) is 3.51. The summed E-state index contributed by atoms with van der Waals surface area (Å²) in [5.74, 6) is -0.616. The largest absolute Gasteiger partial charge is 0.481 e. The van der Waals surface area contributed by atoms with Crippen molar-refractivity contribution < 1.29 is 34.5 Å². The summed E-state index contributed by atoms with van der Waals surface area (Å²) < 4.78 is 0. The molecule has 1 aromatic rings. The number of carboxylic acids is 3. The normalized spacial score (nSPS) is 36.5. The number of allylic oxidation sites excluding steroid dienone is 2. The van der Waals surface area contributed by atoms with Crippen molar-refractivity contribution in [3.8, 4) is 0 Å². The summed E-state index contributed by atoms with van der Waals surface area (Å²) in [5.41, 5.74) is 2.87. The van der Waals surface area contributed by atoms with Crippen molar-refractivity contribution in [1.82, 2.24) is 10.2 Å². The molecule has 6 rings (SSSR count). The number of nitrogens with one attached hydrogen (secondary N) is 1. The molecule has 0 heterocycles. The van der Waals surface area contributed by atoms with Crippen LogP contribution in [0.25, 0.3) is 5.57 Å². The number of carbonyl (C=O) groups is 4. The van der Waals surface area contributed by atoms with E-state index >= 15 is 0 Å². The number of amides is 1. The molecule has 0 bridgehead atoms. The molecule has 9 nitrogen and oxygen atoms in total. The Balaban J connectivity index is 1.19. The smallest absolute Gasteiger partial charge is 0.335 e. The molecule has 0 aliphatic heterocycles. The SMILES string of the molecule is CC1(C)C(c2ccc(C(=O)O)cc2)=CC[C@]2(C)[C@H]3CC[C@@H]4[C@H]5CCC[C@]5(C(=O)NCCN(CCC(=O)O)CCC(=O)O)CC[C@@]4(C)[C@]3(C)CC[C@@H]12. The van der Waals surface area contributed by atoms with Crippen LogP contribution in [0, 0.1) is 50.7 Å². The van der Waals surface area contributed by atoms with Crippen LogP contribution < -0.4 is 5.32 Å². The Morgan fingerprint density at radius 3 is 2.04 bits per heavy atom. The predicted octanol–water partition coefficient (Wildman–Crippen LogP) is 7.60. The highest BCUT2D eigenvalue weighted by Gasteiger charge is 2.70. The van der Waals surface area contributed by atoms with Gasteiger partial charge in [-0.1, -0.05) is 59.2 Å². The van der Waals surface area contributed by atoms with Crippen LogP contribution in [0.3, 0.4) is 0 Å². The van der Waals surface area contributed by atoms with Crippen LogP contribution in [0.2, 0.25) is 0 Å². The van der Waals surface area contributed by atoms with Gasteiger partial charge in [-0.25, -0.2) is 4.79 Å². The number of hydrogen-bond donors (Lipinski definition) is 4. The summed E-state index contributed by atoms with van der Waals surface area (Å²) in [5, 5.41) is 31.1. The van der Waals surface area contributed by atoms with Gasteiger partial charge in [0, 0.05) is 26.2 Å². The number of rotatable bonds is 12. The Labute approximate surface area is 303 Å². The Kier molecular flexibility index (Phi) is 10.1. The van der Waals surface area contributed by atoms with Crippen LogP contribution in [-0.4, -0.2) is 70.2 Å². The molecule has 0 spiro atoms. The van der Waals surface area contributed by atoms with Gasteiger partial charge >= 0.3 is 17.9 Å². The van der Waals surface area contributed by atoms with E-state index in [0.29, 0.717) is 42.3 Å². The van der Waals surface area contributed by atoms with E-state index in [1.807, 2.05) is 17.0 Å². The first-order valence-corrected chi connectivity index (χ1v) is 19.5. The van der Waals surface area contributed by atoms with Crippen molar-refractivity contribution in [3.05, 3.63) is 41.5 Å². The van der Waals surface area contributed by atoms with Gasteiger partial charge in [-0.3, -0.25) is 14.4 Å². The fourth-order valence-corrected chi connectivity index (χ4v) is 13.2. The molecular formula is C42H60N2O7. The van der Waals surface area contributed by atoms with Gasteiger partial charge in [0.05, 0.1) is 23.8 Å². The Hall–Kier alpha value is -3.20. The van der Waals surface area contributed by atoms with E-state index in [-0.39, 0.29) is 58.9 Å². The molecule has 4 N–H and O–H groups in total. The van der Waals surface area contributed by atoms with Crippen LogP contribution in [0.1, 0.15) is 128 Å². The standard InChI is InChI=1S/C42H60N2O7/c1-38(2)29(27-8-10-28(11-9-27)36(49)50)14-19-39(3)32(38)15-20-41(5)33(39)13-12-30-31-7-6-18-42(31,22-21-40(30,41)4)37(51)43-23-26-44(24-16-34(45)46)25-17-35(47)48/h8-11,14,30-33H,6-7,12-13,15-26H2,1-5H3,(H,43,51)(H,45,46)(H,47,48)(H,49,50)/t30-,31-,32+,33-,39+,40-,41-,42+/m1/s1. The van der Waals surface area contributed by atoms with Crippen molar-refractivity contribution in [2.24, 2.45) is 50.7 Å². The summed E-state index contributed by atoms with van der Waals surface area (Å²) >= 11 is 0. The highest BCUT2D eigenvalue weighted by molar-refractivity contribution is 5.88. The fraction of sp³-hybridized carbons (Fsp3) is 0.714. The van der Waals surface area contributed by atoms with Gasteiger partial charge in [-0.2, -0.15) is 0 Å². The van der Waals surface area contributed by atoms with Crippen LogP contribution in [-0.2, 0) is 14.4 Å². The van der Waals surface area contributed by atoms with Gasteiger partial charge in [0.15, 0.2) is 0 Å². The second kappa shape index (κ2) is 13.7. The fourth-order valence-electron chi connectivity index (χ4n) is 13.2. The zero-order valence-corrected chi connectivity index (χ0v) is 31.4. The number of aromatic carboxylic acids is 1. The molecule has 51 heavy (non-hydrogen) atoms. The minimum absolute atomic E-state index is 0.0427. The second-order valence-electron chi connectivity index (χ2n) is 18.1. The van der Waals surface area contributed by atoms with E-state index in [2.05, 4.69) is 46.0 Å². The van der Waals surface area contributed by atoms with Gasteiger partial charge in [-0.15, -0.1) is 0 Å². The Morgan fingerprint density at radius 2 is 1.41 bits per heavy atom. The van der Waals surface area contributed by atoms with E-state index in [1.165, 1.54) is 24.8 Å². The summed E-state index contributed by atoms with van der Waals surface area (Å²) in [6, 6.07) is 7.43. The van der Waals surface area contributed by atoms with Crippen molar-refractivity contribution >= 4 is 29.4 Å². The number of nitrogens with zero attached hydrogens (tertiary/aromatic N) is 1. The first kappa shape index (κ1) is 37.6. The molecule has 1 aromatic carbocycles. The topological polar surface area (TPSA) is 144 Å². The van der Waals surface area contributed by atoms with Crippen molar-refractivity contribution in [1.29, 1.82) is 0 Å². The molecule has 0 saturated heterocycles. The first-order chi connectivity index (χ1) is 24.0. The average molecular weight is 705 g/mol. The van der Waals surface area contributed by atoms with Crippen LogP contribution in [0.15, 0.2) is 30.3 Å². The molecule has 0 unspecified atom stereocenters. The summed E-state index contributed by atoms with van der Waals surface area (Å²) in [7, 11) is 0. The highest BCUT2D eigenvalue weighted by atomic mass is 16.4. The van der Waals surface area contributed by atoms with Crippen molar-refractivity contribution in [2.75, 3.05) is 26.2 Å². The van der Waals surface area contributed by atoms with Gasteiger partial charge in [0.2, 0.25) is 5.91 Å². The number of hydrogen-bond acceptors (Lipinski definition) is 5. The second-order valence-corrected chi connectivity index (χ2v) is 18.1. The molecule has 4 fully saturated rings. The maximum Gasteiger partial charge on any atom is 0.335 e. The van der Waals surface area contributed by atoms with E-state index in [1.54, 1.807) is 12.1 Å². The minimum atomic E-state index is -0.915. The Bertz CT molecular complexity index is 1550. The first-order valence-electron chi connectivity index (χ1n) is 19.5. The van der Waals surface area contributed by atoms with E-state index in [4.69, 9.17) is 0 Å². The maximum absolute atomic E-state index is 14.2. The molecule has 8 atom stereocenters. The summed E-state index contributed by atoms with van der Waals surface area (Å²) in [6.07, 6.45) is 13.1. The van der Waals surface area contributed by atoms with Crippen molar-refractivity contribution in [2.45, 2.75) is 112 Å². The number of carbonyl (C=O) groups excluding carboxylic acids is 1. The lowest BCUT2D eigenvalue weighted by Gasteiger charge is -2.72. The predicted molar refractivity (Wildman–Crippen MR) is 196 cm³/mol. The number of benzene rings is 1. The highest BCUT2D eigenvalue weighted by Crippen LogP contribution is 2.77. The van der Waals surface area contributed by atoms with Gasteiger partial charge in [-0.05, 0) is 126 Å². The molecular weight excluding hydrogens is 644 g/mol.